The summed E-state index contributed by atoms with van der Waals surface area (Å²) in [5.41, 5.74) is 2.47. The summed E-state index contributed by atoms with van der Waals surface area (Å²) in [6, 6.07) is 5.95. The summed E-state index contributed by atoms with van der Waals surface area (Å²) in [4.78, 5) is 18.5. The normalized spacial score (nSPS) is 17.3. The summed E-state index contributed by atoms with van der Waals surface area (Å²) in [5, 5.41) is 2.99. The van der Waals surface area contributed by atoms with Gasteiger partial charge in [0.05, 0.1) is 4.88 Å². The van der Waals surface area contributed by atoms with Crippen molar-refractivity contribution in [3.63, 3.8) is 0 Å². The molecular weight excluding hydrogens is 280 g/mol. The predicted octanol–water partition coefficient (Wildman–Crippen LogP) is 3.59. The summed E-state index contributed by atoms with van der Waals surface area (Å²) in [6.07, 6.45) is 8.27. The van der Waals surface area contributed by atoms with Gasteiger partial charge in [-0.2, -0.15) is 0 Å². The Kier molecular flexibility index (Phi) is 4.34. The standard InChI is InChI=1S/C17H20N2OS/c1-2-12-3-4-15-14(9-12)10-16(21-15)17(20)19-11-13-5-7-18-8-6-13/h5-8,10,12H,2-4,9,11H2,1H3,(H,19,20)/t12-/m0/s1. The van der Waals surface area contributed by atoms with Crippen LogP contribution in [-0.4, -0.2) is 10.9 Å². The van der Waals surface area contributed by atoms with Crippen molar-refractivity contribution < 1.29 is 4.79 Å². The van der Waals surface area contributed by atoms with Crippen LogP contribution in [0.25, 0.3) is 0 Å². The number of nitrogens with one attached hydrogen (secondary N) is 1. The zero-order valence-electron chi connectivity index (χ0n) is 12.3. The SMILES string of the molecule is CC[C@H]1CCc2sc(C(=O)NCc3ccncc3)cc2C1. The first-order chi connectivity index (χ1) is 10.3. The average molecular weight is 300 g/mol. The molecule has 3 nitrogen and oxygen atoms in total. The second kappa shape index (κ2) is 6.39. The van der Waals surface area contributed by atoms with E-state index in [9.17, 15) is 4.79 Å². The number of hydrogen-bond donors (Lipinski definition) is 1. The summed E-state index contributed by atoms with van der Waals surface area (Å²) in [7, 11) is 0. The number of carbonyl (C=O) groups excluding carboxylic acids is 1. The van der Waals surface area contributed by atoms with Crippen LogP contribution in [0, 0.1) is 5.92 Å². The van der Waals surface area contributed by atoms with Crippen molar-refractivity contribution in [3.05, 3.63) is 51.5 Å². The number of rotatable bonds is 4. The molecule has 3 rings (SSSR count). The Hall–Kier alpha value is -1.68. The van der Waals surface area contributed by atoms with Crippen LogP contribution in [0.2, 0.25) is 0 Å². The smallest absolute Gasteiger partial charge is 0.261 e. The van der Waals surface area contributed by atoms with Crippen molar-refractivity contribution in [2.45, 2.75) is 39.2 Å². The van der Waals surface area contributed by atoms with Crippen molar-refractivity contribution in [3.8, 4) is 0 Å². The van der Waals surface area contributed by atoms with Crippen molar-refractivity contribution >= 4 is 17.2 Å². The van der Waals surface area contributed by atoms with Crippen LogP contribution in [0.4, 0.5) is 0 Å². The predicted molar refractivity (Wildman–Crippen MR) is 85.5 cm³/mol. The first-order valence-electron chi connectivity index (χ1n) is 7.55. The van der Waals surface area contributed by atoms with Crippen LogP contribution in [0.15, 0.2) is 30.6 Å². The molecule has 4 heteroatoms. The van der Waals surface area contributed by atoms with Crippen LogP contribution in [0.1, 0.15) is 45.4 Å². The van der Waals surface area contributed by atoms with E-state index in [1.807, 2.05) is 12.1 Å². The third-order valence-electron chi connectivity index (χ3n) is 4.19. The minimum absolute atomic E-state index is 0.0410. The Morgan fingerprint density at radius 1 is 1.43 bits per heavy atom. The zero-order valence-corrected chi connectivity index (χ0v) is 13.1. The van der Waals surface area contributed by atoms with Gasteiger partial charge in [0, 0.05) is 23.8 Å². The molecule has 0 bridgehead atoms. The van der Waals surface area contributed by atoms with Gasteiger partial charge in [0.25, 0.3) is 5.91 Å². The first-order valence-corrected chi connectivity index (χ1v) is 8.36. The number of hydrogen-bond acceptors (Lipinski definition) is 3. The van der Waals surface area contributed by atoms with Gasteiger partial charge in [0.2, 0.25) is 0 Å². The van der Waals surface area contributed by atoms with E-state index in [2.05, 4.69) is 23.3 Å². The summed E-state index contributed by atoms with van der Waals surface area (Å²) >= 11 is 1.67. The highest BCUT2D eigenvalue weighted by molar-refractivity contribution is 7.14. The topological polar surface area (TPSA) is 42.0 Å². The number of aromatic nitrogens is 1. The summed E-state index contributed by atoms with van der Waals surface area (Å²) in [5.74, 6) is 0.832. The van der Waals surface area contributed by atoms with E-state index in [-0.39, 0.29) is 5.91 Å². The second-order valence-electron chi connectivity index (χ2n) is 5.61. The van der Waals surface area contributed by atoms with Gasteiger partial charge in [0.1, 0.15) is 0 Å². The Labute approximate surface area is 129 Å². The molecule has 1 aliphatic rings. The minimum Gasteiger partial charge on any atom is -0.347 e. The fourth-order valence-corrected chi connectivity index (χ4v) is 3.95. The molecule has 1 aliphatic carbocycles. The van der Waals surface area contributed by atoms with Crippen molar-refractivity contribution in [1.29, 1.82) is 0 Å². The molecule has 0 spiro atoms. The molecule has 0 saturated carbocycles. The van der Waals surface area contributed by atoms with Gasteiger partial charge in [-0.1, -0.05) is 13.3 Å². The molecule has 0 unspecified atom stereocenters. The summed E-state index contributed by atoms with van der Waals surface area (Å²) < 4.78 is 0. The third-order valence-corrected chi connectivity index (χ3v) is 5.42. The van der Waals surface area contributed by atoms with E-state index >= 15 is 0 Å². The molecule has 1 amide bonds. The lowest BCUT2D eigenvalue weighted by Gasteiger charge is -2.19. The van der Waals surface area contributed by atoms with Crippen molar-refractivity contribution in [2.24, 2.45) is 5.92 Å². The van der Waals surface area contributed by atoms with Gasteiger partial charge in [-0.25, -0.2) is 0 Å². The molecule has 0 aliphatic heterocycles. The number of amides is 1. The molecule has 21 heavy (non-hydrogen) atoms. The van der Waals surface area contributed by atoms with E-state index < -0.39 is 0 Å². The van der Waals surface area contributed by atoms with E-state index in [1.165, 1.54) is 23.3 Å². The largest absolute Gasteiger partial charge is 0.347 e. The van der Waals surface area contributed by atoms with Gasteiger partial charge in [-0.15, -0.1) is 11.3 Å². The second-order valence-corrected chi connectivity index (χ2v) is 6.75. The fraction of sp³-hybridized carbons (Fsp3) is 0.412. The number of fused-ring (bicyclic) bond motifs is 1. The molecule has 1 N–H and O–H groups in total. The molecule has 0 radical (unpaired) electrons. The number of pyridine rings is 1. The van der Waals surface area contributed by atoms with E-state index in [0.717, 1.165) is 29.2 Å². The van der Waals surface area contributed by atoms with Gasteiger partial charge >= 0.3 is 0 Å². The number of nitrogens with zero attached hydrogens (tertiary/aromatic N) is 1. The van der Waals surface area contributed by atoms with Crippen LogP contribution < -0.4 is 5.32 Å². The zero-order chi connectivity index (χ0) is 14.7. The first kappa shape index (κ1) is 14.3. The van der Waals surface area contributed by atoms with Crippen LogP contribution in [0.5, 0.6) is 0 Å². The molecule has 0 aromatic carbocycles. The number of carbonyl (C=O) groups is 1. The fourth-order valence-electron chi connectivity index (χ4n) is 2.83. The maximum atomic E-state index is 12.3. The van der Waals surface area contributed by atoms with Crippen LogP contribution in [0.3, 0.4) is 0 Å². The van der Waals surface area contributed by atoms with Crippen LogP contribution in [-0.2, 0) is 19.4 Å². The maximum absolute atomic E-state index is 12.3. The van der Waals surface area contributed by atoms with Gasteiger partial charge in [-0.3, -0.25) is 9.78 Å². The highest BCUT2D eigenvalue weighted by atomic mass is 32.1. The van der Waals surface area contributed by atoms with Gasteiger partial charge < -0.3 is 5.32 Å². The van der Waals surface area contributed by atoms with Crippen LogP contribution >= 0.6 is 11.3 Å². The maximum Gasteiger partial charge on any atom is 0.261 e. The Morgan fingerprint density at radius 2 is 2.24 bits per heavy atom. The quantitative estimate of drug-likeness (QED) is 0.937. The van der Waals surface area contributed by atoms with E-state index in [1.54, 1.807) is 23.7 Å². The lowest BCUT2D eigenvalue weighted by molar-refractivity contribution is 0.0955. The molecule has 0 saturated heterocycles. The lowest BCUT2D eigenvalue weighted by atomic mass is 9.87. The molecule has 2 aromatic heterocycles. The Balaban J connectivity index is 1.65. The molecular formula is C17H20N2OS. The lowest BCUT2D eigenvalue weighted by Crippen LogP contribution is -2.21. The molecule has 1 atom stereocenters. The Bertz CT molecular complexity index is 621. The Morgan fingerprint density at radius 3 is 3.00 bits per heavy atom. The minimum atomic E-state index is 0.0410. The highest BCUT2D eigenvalue weighted by Crippen LogP contribution is 2.33. The van der Waals surface area contributed by atoms with Gasteiger partial charge in [-0.05, 0) is 54.5 Å². The number of aryl methyl sites for hydroxylation is 1. The monoisotopic (exact) mass is 300 g/mol. The van der Waals surface area contributed by atoms with Crippen molar-refractivity contribution in [2.75, 3.05) is 0 Å². The van der Waals surface area contributed by atoms with Gasteiger partial charge in [0.15, 0.2) is 0 Å². The third kappa shape index (κ3) is 3.32. The van der Waals surface area contributed by atoms with Crippen molar-refractivity contribution in [1.82, 2.24) is 10.3 Å². The van der Waals surface area contributed by atoms with E-state index in [0.29, 0.717) is 6.54 Å². The molecule has 2 heterocycles. The molecule has 110 valence electrons. The van der Waals surface area contributed by atoms with E-state index in [4.69, 9.17) is 0 Å². The molecule has 2 aromatic rings. The molecule has 0 fully saturated rings. The summed E-state index contributed by atoms with van der Waals surface area (Å²) in [6.45, 7) is 2.81. The number of thiophene rings is 1. The highest BCUT2D eigenvalue weighted by Gasteiger charge is 2.21. The average Bonchev–Trinajstić information content (AvgIpc) is 2.96.